The molecule has 0 aromatic heterocycles. The molecule has 0 rings (SSSR count). The number of hydrogen-bond acceptors (Lipinski definition) is 0. The fraction of sp³-hybridized carbons (Fsp3) is 0.556. The summed E-state index contributed by atoms with van der Waals surface area (Å²) in [6, 6.07) is 0. The third-order valence-corrected chi connectivity index (χ3v) is 1.55. The zero-order valence-electron chi connectivity index (χ0n) is 6.73. The predicted octanol–water partition coefficient (Wildman–Crippen LogP) is 3.53. The summed E-state index contributed by atoms with van der Waals surface area (Å²) in [5.74, 6) is 0.765. The van der Waals surface area contributed by atoms with Gasteiger partial charge in [0.15, 0.2) is 0 Å². The van der Waals surface area contributed by atoms with Gasteiger partial charge in [0.2, 0.25) is 0 Å². The van der Waals surface area contributed by atoms with Crippen LogP contribution in [-0.2, 0) is 0 Å². The molecule has 0 bridgehead atoms. The van der Waals surface area contributed by atoms with Crippen LogP contribution in [-0.4, -0.2) is 5.88 Å². The molecular formula is C9H15Cl. The van der Waals surface area contributed by atoms with E-state index in [1.54, 1.807) is 0 Å². The van der Waals surface area contributed by atoms with Crippen LogP contribution in [0.1, 0.15) is 26.7 Å². The molecule has 58 valence electrons. The van der Waals surface area contributed by atoms with Crippen molar-refractivity contribution in [1.82, 2.24) is 0 Å². The summed E-state index contributed by atoms with van der Waals surface area (Å²) in [5, 5.41) is 0. The number of halogens is 1. The minimum Gasteiger partial charge on any atom is -0.127 e. The van der Waals surface area contributed by atoms with E-state index < -0.39 is 0 Å². The van der Waals surface area contributed by atoms with E-state index in [0.29, 0.717) is 0 Å². The van der Waals surface area contributed by atoms with E-state index in [1.807, 2.05) is 13.0 Å². The standard InChI is InChI=1S/C9H15Cl/c1-3-4-6-9(2)7-5-8-10/h3-4,6H,5,7-8H2,1-2H3/b4-3-,9-6+. The maximum absolute atomic E-state index is 5.53. The second-order valence-corrected chi connectivity index (χ2v) is 2.71. The zero-order chi connectivity index (χ0) is 7.82. The van der Waals surface area contributed by atoms with Crippen LogP contribution in [0.4, 0.5) is 0 Å². The summed E-state index contributed by atoms with van der Waals surface area (Å²) in [5.41, 5.74) is 1.40. The summed E-state index contributed by atoms with van der Waals surface area (Å²) in [6.07, 6.45) is 8.43. The summed E-state index contributed by atoms with van der Waals surface area (Å²) in [7, 11) is 0. The third-order valence-electron chi connectivity index (χ3n) is 1.28. The highest BCUT2D eigenvalue weighted by Gasteiger charge is 1.86. The van der Waals surface area contributed by atoms with Crippen LogP contribution in [0.5, 0.6) is 0 Å². The normalized spacial score (nSPS) is 12.9. The molecule has 0 amide bonds. The average molecular weight is 159 g/mol. The molecule has 1 heteroatoms. The Morgan fingerprint density at radius 2 is 2.20 bits per heavy atom. The highest BCUT2D eigenvalue weighted by molar-refractivity contribution is 6.17. The van der Waals surface area contributed by atoms with Crippen molar-refractivity contribution < 1.29 is 0 Å². The van der Waals surface area contributed by atoms with Crippen LogP contribution >= 0.6 is 11.6 Å². The molecule has 0 aromatic carbocycles. The van der Waals surface area contributed by atoms with Crippen molar-refractivity contribution in [3.63, 3.8) is 0 Å². The van der Waals surface area contributed by atoms with Crippen molar-refractivity contribution in [2.75, 3.05) is 5.88 Å². The molecule has 0 fully saturated rings. The van der Waals surface area contributed by atoms with Crippen molar-refractivity contribution in [2.24, 2.45) is 0 Å². The molecule has 0 unspecified atom stereocenters. The van der Waals surface area contributed by atoms with Crippen molar-refractivity contribution >= 4 is 11.6 Å². The van der Waals surface area contributed by atoms with Crippen molar-refractivity contribution in [3.8, 4) is 0 Å². The quantitative estimate of drug-likeness (QED) is 0.434. The zero-order valence-corrected chi connectivity index (χ0v) is 7.49. The largest absolute Gasteiger partial charge is 0.127 e. The molecule has 0 nitrogen and oxygen atoms in total. The van der Waals surface area contributed by atoms with Gasteiger partial charge in [-0.1, -0.05) is 23.8 Å². The van der Waals surface area contributed by atoms with E-state index >= 15 is 0 Å². The molecule has 0 aliphatic carbocycles. The van der Waals surface area contributed by atoms with Crippen molar-refractivity contribution in [2.45, 2.75) is 26.7 Å². The molecule has 0 radical (unpaired) electrons. The molecule has 0 aliphatic rings. The van der Waals surface area contributed by atoms with Gasteiger partial charge in [0.05, 0.1) is 0 Å². The van der Waals surface area contributed by atoms with E-state index in [1.165, 1.54) is 5.57 Å². The summed E-state index contributed by atoms with van der Waals surface area (Å²) in [4.78, 5) is 0. The van der Waals surface area contributed by atoms with Gasteiger partial charge >= 0.3 is 0 Å². The van der Waals surface area contributed by atoms with Crippen molar-refractivity contribution in [1.29, 1.82) is 0 Å². The smallest absolute Gasteiger partial charge is 0.0226 e. The minimum atomic E-state index is 0.765. The lowest BCUT2D eigenvalue weighted by molar-refractivity contribution is 0.912. The lowest BCUT2D eigenvalue weighted by atomic mass is 10.1. The second-order valence-electron chi connectivity index (χ2n) is 2.33. The first-order valence-electron chi connectivity index (χ1n) is 3.65. The van der Waals surface area contributed by atoms with E-state index in [0.717, 1.165) is 18.7 Å². The Morgan fingerprint density at radius 1 is 1.50 bits per heavy atom. The number of allylic oxidation sites excluding steroid dienone is 4. The van der Waals surface area contributed by atoms with Gasteiger partial charge in [0, 0.05) is 5.88 Å². The molecule has 0 N–H and O–H groups in total. The summed E-state index contributed by atoms with van der Waals surface area (Å²) < 4.78 is 0. The Labute approximate surface area is 68.6 Å². The van der Waals surface area contributed by atoms with Gasteiger partial charge in [-0.25, -0.2) is 0 Å². The summed E-state index contributed by atoms with van der Waals surface area (Å²) >= 11 is 5.53. The number of rotatable bonds is 4. The van der Waals surface area contributed by atoms with Crippen LogP contribution in [0, 0.1) is 0 Å². The number of alkyl halides is 1. The highest BCUT2D eigenvalue weighted by Crippen LogP contribution is 2.04. The van der Waals surface area contributed by atoms with Gasteiger partial charge in [0.1, 0.15) is 0 Å². The van der Waals surface area contributed by atoms with Crippen LogP contribution in [0.2, 0.25) is 0 Å². The van der Waals surface area contributed by atoms with Crippen LogP contribution in [0.25, 0.3) is 0 Å². The maximum atomic E-state index is 5.53. The molecule has 0 spiro atoms. The first-order chi connectivity index (χ1) is 4.81. The van der Waals surface area contributed by atoms with E-state index in [9.17, 15) is 0 Å². The van der Waals surface area contributed by atoms with Gasteiger partial charge in [-0.3, -0.25) is 0 Å². The molecule has 0 aliphatic heterocycles. The lowest BCUT2D eigenvalue weighted by Gasteiger charge is -1.94. The predicted molar refractivity (Wildman–Crippen MR) is 48.5 cm³/mol. The Hall–Kier alpha value is -0.230. The topological polar surface area (TPSA) is 0 Å². The number of hydrogen-bond donors (Lipinski definition) is 0. The minimum absolute atomic E-state index is 0.765. The maximum Gasteiger partial charge on any atom is 0.0226 e. The lowest BCUT2D eigenvalue weighted by Crippen LogP contribution is -1.77. The molecule has 0 heterocycles. The van der Waals surface area contributed by atoms with Crippen molar-refractivity contribution in [3.05, 3.63) is 23.8 Å². The SMILES string of the molecule is C/C=C\C=C(/C)CCCCl. The molecule has 10 heavy (non-hydrogen) atoms. The van der Waals surface area contributed by atoms with E-state index in [2.05, 4.69) is 19.1 Å². The van der Waals surface area contributed by atoms with Gasteiger partial charge < -0.3 is 0 Å². The molecule has 0 atom stereocenters. The van der Waals surface area contributed by atoms with Crippen LogP contribution in [0.3, 0.4) is 0 Å². The molecule has 0 saturated carbocycles. The molecule has 0 saturated heterocycles. The second kappa shape index (κ2) is 6.88. The Balaban J connectivity index is 3.49. The van der Waals surface area contributed by atoms with Gasteiger partial charge in [-0.2, -0.15) is 0 Å². The Bertz CT molecular complexity index is 123. The first-order valence-corrected chi connectivity index (χ1v) is 4.19. The third kappa shape index (κ3) is 5.90. The highest BCUT2D eigenvalue weighted by atomic mass is 35.5. The van der Waals surface area contributed by atoms with E-state index in [-0.39, 0.29) is 0 Å². The van der Waals surface area contributed by atoms with Gasteiger partial charge in [-0.15, -0.1) is 11.6 Å². The Kier molecular flexibility index (Phi) is 6.73. The average Bonchev–Trinajstić information content (AvgIpc) is 1.97. The van der Waals surface area contributed by atoms with Crippen LogP contribution in [0.15, 0.2) is 23.8 Å². The monoisotopic (exact) mass is 158 g/mol. The van der Waals surface area contributed by atoms with Gasteiger partial charge in [0.25, 0.3) is 0 Å². The van der Waals surface area contributed by atoms with E-state index in [4.69, 9.17) is 11.6 Å². The van der Waals surface area contributed by atoms with Crippen LogP contribution < -0.4 is 0 Å². The Morgan fingerprint density at radius 3 is 2.70 bits per heavy atom. The molecular weight excluding hydrogens is 144 g/mol. The molecule has 0 aromatic rings. The summed E-state index contributed by atoms with van der Waals surface area (Å²) in [6.45, 7) is 4.15. The fourth-order valence-corrected chi connectivity index (χ4v) is 0.823. The fourth-order valence-electron chi connectivity index (χ4n) is 0.689. The first kappa shape index (κ1) is 9.77. The van der Waals surface area contributed by atoms with Gasteiger partial charge in [-0.05, 0) is 26.7 Å².